The van der Waals surface area contributed by atoms with Crippen molar-refractivity contribution in [2.45, 2.75) is 44.5 Å². The van der Waals surface area contributed by atoms with Crippen molar-refractivity contribution in [2.75, 3.05) is 18.6 Å². The lowest BCUT2D eigenvalue weighted by atomic mass is 9.81. The monoisotopic (exact) mass is 411 g/mol. The van der Waals surface area contributed by atoms with E-state index in [1.165, 1.54) is 6.26 Å². The zero-order chi connectivity index (χ0) is 19.7. The minimum Gasteiger partial charge on any atom is -0.385 e. The van der Waals surface area contributed by atoms with Gasteiger partial charge in [-0.1, -0.05) is 23.7 Å². The van der Waals surface area contributed by atoms with Gasteiger partial charge in [-0.2, -0.15) is 5.10 Å². The van der Waals surface area contributed by atoms with E-state index in [1.54, 1.807) is 10.9 Å². The van der Waals surface area contributed by atoms with Gasteiger partial charge < -0.3 is 5.11 Å². The molecule has 3 rings (SSSR count). The molecule has 2 heterocycles. The molecular weight excluding hydrogens is 386 g/mol. The predicted molar refractivity (Wildman–Crippen MR) is 106 cm³/mol. The largest absolute Gasteiger partial charge is 0.385 e. The maximum absolute atomic E-state index is 11.3. The fraction of sp³-hybridized carbons (Fsp3) is 0.526. The summed E-state index contributed by atoms with van der Waals surface area (Å²) >= 11 is 6.09. The van der Waals surface area contributed by atoms with Crippen LogP contribution in [-0.4, -0.2) is 52.8 Å². The molecule has 0 radical (unpaired) electrons. The van der Waals surface area contributed by atoms with Gasteiger partial charge >= 0.3 is 0 Å². The topological polar surface area (TPSA) is 75.4 Å². The van der Waals surface area contributed by atoms with Crippen LogP contribution in [0.1, 0.15) is 30.9 Å². The van der Waals surface area contributed by atoms with Crippen molar-refractivity contribution in [3.05, 3.63) is 52.8 Å². The third-order valence-electron chi connectivity index (χ3n) is 5.19. The number of aryl methyl sites for hydroxylation is 1. The van der Waals surface area contributed by atoms with Crippen LogP contribution in [0.4, 0.5) is 0 Å². The standard InChI is InChI=1S/C19H26ClN3O3S/c1-15-11-19(24,17-4-3-5-18(20)10-17)6-7-22(15)13-16-12-21-23(14-16)8-9-27(2,25)26/h3-5,10,12,14-15,24H,6-9,11,13H2,1-2H3/t15-,19+/m0/s1. The Bertz CT molecular complexity index is 899. The Labute approximate surface area is 165 Å². The molecule has 0 amide bonds. The Hall–Kier alpha value is -1.41. The molecule has 1 fully saturated rings. The number of halogens is 1. The van der Waals surface area contributed by atoms with E-state index in [4.69, 9.17) is 11.6 Å². The molecule has 0 bridgehead atoms. The highest BCUT2D eigenvalue weighted by Gasteiger charge is 2.37. The molecule has 148 valence electrons. The summed E-state index contributed by atoms with van der Waals surface area (Å²) in [5.74, 6) is 0.0842. The normalized spacial score (nSPS) is 24.2. The minimum absolute atomic E-state index is 0.0842. The van der Waals surface area contributed by atoms with Crippen molar-refractivity contribution in [3.63, 3.8) is 0 Å². The lowest BCUT2D eigenvalue weighted by Gasteiger charge is -2.43. The van der Waals surface area contributed by atoms with Crippen LogP contribution in [0.25, 0.3) is 0 Å². The minimum atomic E-state index is -3.00. The number of sulfone groups is 1. The quantitative estimate of drug-likeness (QED) is 0.790. The summed E-state index contributed by atoms with van der Waals surface area (Å²) in [4.78, 5) is 2.32. The number of aromatic nitrogens is 2. The second-order valence-electron chi connectivity index (χ2n) is 7.56. The first kappa shape index (κ1) is 20.3. The van der Waals surface area contributed by atoms with Crippen LogP contribution in [0.15, 0.2) is 36.7 Å². The summed E-state index contributed by atoms with van der Waals surface area (Å²) in [6.45, 7) is 3.97. The van der Waals surface area contributed by atoms with E-state index in [9.17, 15) is 13.5 Å². The van der Waals surface area contributed by atoms with Crippen molar-refractivity contribution < 1.29 is 13.5 Å². The van der Waals surface area contributed by atoms with E-state index in [0.29, 0.717) is 24.4 Å². The summed E-state index contributed by atoms with van der Waals surface area (Å²) in [5, 5.41) is 16.0. The number of rotatable bonds is 6. The molecule has 1 aromatic carbocycles. The molecule has 2 aromatic rings. The predicted octanol–water partition coefficient (Wildman–Crippen LogP) is 2.45. The molecule has 27 heavy (non-hydrogen) atoms. The van der Waals surface area contributed by atoms with Crippen LogP contribution in [0, 0.1) is 0 Å². The molecule has 1 aromatic heterocycles. The first-order valence-electron chi connectivity index (χ1n) is 9.06. The SMILES string of the molecule is C[C@H]1C[C@@](O)(c2cccc(Cl)c2)CCN1Cc1cnn(CCS(C)(=O)=O)c1. The summed E-state index contributed by atoms with van der Waals surface area (Å²) in [6, 6.07) is 7.66. The van der Waals surface area contributed by atoms with Crippen molar-refractivity contribution in [1.29, 1.82) is 0 Å². The summed E-state index contributed by atoms with van der Waals surface area (Å²) in [6.07, 6.45) is 6.19. The Kier molecular flexibility index (Phi) is 5.96. The number of hydrogen-bond donors (Lipinski definition) is 1. The van der Waals surface area contributed by atoms with E-state index in [1.807, 2.05) is 30.5 Å². The average molecular weight is 412 g/mol. The second-order valence-corrected chi connectivity index (χ2v) is 10.3. The third-order valence-corrected chi connectivity index (χ3v) is 6.35. The summed E-state index contributed by atoms with van der Waals surface area (Å²) < 4.78 is 24.3. The van der Waals surface area contributed by atoms with Crippen LogP contribution < -0.4 is 0 Å². The molecule has 1 aliphatic heterocycles. The molecule has 0 unspecified atom stereocenters. The molecular formula is C19H26ClN3O3S. The van der Waals surface area contributed by atoms with Crippen molar-refractivity contribution in [3.8, 4) is 0 Å². The van der Waals surface area contributed by atoms with E-state index < -0.39 is 15.4 Å². The van der Waals surface area contributed by atoms with Gasteiger partial charge in [0.05, 0.1) is 24.1 Å². The molecule has 8 heteroatoms. The first-order chi connectivity index (χ1) is 12.6. The van der Waals surface area contributed by atoms with Gasteiger partial charge in [-0.25, -0.2) is 8.42 Å². The van der Waals surface area contributed by atoms with E-state index in [-0.39, 0.29) is 11.8 Å². The highest BCUT2D eigenvalue weighted by Crippen LogP contribution is 2.37. The Morgan fingerprint density at radius 3 is 2.85 bits per heavy atom. The zero-order valence-corrected chi connectivity index (χ0v) is 17.2. The number of aliphatic hydroxyl groups is 1. The van der Waals surface area contributed by atoms with Gasteiger partial charge in [0.25, 0.3) is 0 Å². The maximum atomic E-state index is 11.3. The molecule has 1 saturated heterocycles. The van der Waals surface area contributed by atoms with Gasteiger partial charge in [0, 0.05) is 42.2 Å². The third kappa shape index (κ3) is 5.31. The van der Waals surface area contributed by atoms with Crippen LogP contribution in [0.3, 0.4) is 0 Å². The van der Waals surface area contributed by atoms with Crippen molar-refractivity contribution >= 4 is 21.4 Å². The number of nitrogens with zero attached hydrogens (tertiary/aromatic N) is 3. The average Bonchev–Trinajstić information content (AvgIpc) is 3.03. The van der Waals surface area contributed by atoms with Gasteiger partial charge in [0.2, 0.25) is 0 Å². The lowest BCUT2D eigenvalue weighted by Crippen LogP contribution is -2.47. The van der Waals surface area contributed by atoms with Crippen molar-refractivity contribution in [2.24, 2.45) is 0 Å². The summed E-state index contributed by atoms with van der Waals surface area (Å²) in [7, 11) is -3.00. The maximum Gasteiger partial charge on any atom is 0.149 e. The highest BCUT2D eigenvalue weighted by atomic mass is 35.5. The number of hydrogen-bond acceptors (Lipinski definition) is 5. The Morgan fingerprint density at radius 1 is 1.41 bits per heavy atom. The molecule has 2 atom stereocenters. The van der Waals surface area contributed by atoms with Crippen LogP contribution in [0.5, 0.6) is 0 Å². The number of piperidine rings is 1. The van der Waals surface area contributed by atoms with E-state index in [0.717, 1.165) is 24.2 Å². The molecule has 0 aliphatic carbocycles. The number of likely N-dealkylation sites (tertiary alicyclic amines) is 1. The van der Waals surface area contributed by atoms with Gasteiger partial charge in [-0.05, 0) is 37.5 Å². The van der Waals surface area contributed by atoms with Gasteiger partial charge in [-0.3, -0.25) is 9.58 Å². The fourth-order valence-electron chi connectivity index (χ4n) is 3.65. The molecule has 1 N–H and O–H groups in total. The van der Waals surface area contributed by atoms with Crippen molar-refractivity contribution in [1.82, 2.24) is 14.7 Å². The highest BCUT2D eigenvalue weighted by molar-refractivity contribution is 7.90. The molecule has 0 saturated carbocycles. The van der Waals surface area contributed by atoms with Gasteiger partial charge in [0.1, 0.15) is 9.84 Å². The number of benzene rings is 1. The fourth-order valence-corrected chi connectivity index (χ4v) is 4.36. The zero-order valence-electron chi connectivity index (χ0n) is 15.7. The Morgan fingerprint density at radius 2 is 2.19 bits per heavy atom. The van der Waals surface area contributed by atoms with Crippen LogP contribution in [0.2, 0.25) is 5.02 Å². The van der Waals surface area contributed by atoms with Crippen LogP contribution >= 0.6 is 11.6 Å². The van der Waals surface area contributed by atoms with Gasteiger partial charge in [-0.15, -0.1) is 0 Å². The van der Waals surface area contributed by atoms with Gasteiger partial charge in [0.15, 0.2) is 0 Å². The molecule has 0 spiro atoms. The summed E-state index contributed by atoms with van der Waals surface area (Å²) in [5.41, 5.74) is 1.05. The van der Waals surface area contributed by atoms with E-state index >= 15 is 0 Å². The molecule has 1 aliphatic rings. The second kappa shape index (κ2) is 7.91. The molecule has 6 nitrogen and oxygen atoms in total. The lowest BCUT2D eigenvalue weighted by molar-refractivity contribution is -0.0502. The van der Waals surface area contributed by atoms with Crippen LogP contribution in [-0.2, 0) is 28.5 Å². The van der Waals surface area contributed by atoms with E-state index in [2.05, 4.69) is 16.9 Å². The first-order valence-corrected chi connectivity index (χ1v) is 11.5. The smallest absolute Gasteiger partial charge is 0.149 e. The Balaban J connectivity index is 1.61.